The Balaban J connectivity index is 2.26. The van der Waals surface area contributed by atoms with Crippen LogP contribution in [-0.4, -0.2) is 46.6 Å². The minimum atomic E-state index is -0.541. The summed E-state index contributed by atoms with van der Waals surface area (Å²) in [5.74, 6) is 0.700. The van der Waals surface area contributed by atoms with E-state index in [-0.39, 0.29) is 5.97 Å². The number of azo groups is 1. The lowest BCUT2D eigenvalue weighted by Gasteiger charge is -2.13. The molecule has 9 heteroatoms. The first-order valence-electron chi connectivity index (χ1n) is 7.50. The topological polar surface area (TPSA) is 103 Å². The average Bonchev–Trinajstić information content (AvgIpc) is 3.07. The Bertz CT molecular complexity index is 583. The second-order valence-corrected chi connectivity index (χ2v) is 4.92. The number of rotatable bonds is 7. The monoisotopic (exact) mass is 338 g/mol. The lowest BCUT2D eigenvalue weighted by Crippen LogP contribution is -2.32. The van der Waals surface area contributed by atoms with Crippen molar-refractivity contribution in [1.29, 1.82) is 0 Å². The highest BCUT2D eigenvalue weighted by Gasteiger charge is 2.34. The molecule has 1 fully saturated rings. The van der Waals surface area contributed by atoms with Crippen LogP contribution in [0.4, 0.5) is 5.69 Å². The quantitative estimate of drug-likeness (QED) is 0.572. The van der Waals surface area contributed by atoms with Gasteiger partial charge in [0.15, 0.2) is 17.2 Å². The predicted octanol–water partition coefficient (Wildman–Crippen LogP) is 1.41. The van der Waals surface area contributed by atoms with E-state index >= 15 is 0 Å². The molecule has 0 aliphatic carbocycles. The standard InChI is InChI=1S/C15H22N4O5/c1-5-24-15(20)10-8-16-18-14(10)19-17-13-11(22-3)6-9(21-2)7-12(13)23-4/h6-7,10,14,16,18H,5,8H2,1-4H3. The SMILES string of the molecule is CCOC(=O)C1CNNC1N=Nc1c(OC)cc(OC)cc1OC. The first-order chi connectivity index (χ1) is 11.6. The number of hydrogen-bond acceptors (Lipinski definition) is 9. The largest absolute Gasteiger partial charge is 0.496 e. The molecule has 1 heterocycles. The Morgan fingerprint density at radius 1 is 1.21 bits per heavy atom. The third-order valence-corrected chi connectivity index (χ3v) is 3.51. The van der Waals surface area contributed by atoms with E-state index in [2.05, 4.69) is 21.1 Å². The third kappa shape index (κ3) is 3.92. The van der Waals surface area contributed by atoms with Crippen LogP contribution in [0.1, 0.15) is 6.92 Å². The molecule has 0 amide bonds. The highest BCUT2D eigenvalue weighted by atomic mass is 16.5. The van der Waals surface area contributed by atoms with Crippen molar-refractivity contribution in [1.82, 2.24) is 10.9 Å². The first-order valence-corrected chi connectivity index (χ1v) is 7.50. The zero-order valence-electron chi connectivity index (χ0n) is 14.2. The van der Waals surface area contributed by atoms with E-state index in [1.807, 2.05) is 0 Å². The van der Waals surface area contributed by atoms with E-state index in [0.29, 0.717) is 36.1 Å². The number of carbonyl (C=O) groups is 1. The van der Waals surface area contributed by atoms with Gasteiger partial charge in [-0.3, -0.25) is 10.2 Å². The van der Waals surface area contributed by atoms with Crippen molar-refractivity contribution in [3.63, 3.8) is 0 Å². The van der Waals surface area contributed by atoms with Gasteiger partial charge in [-0.1, -0.05) is 0 Å². The summed E-state index contributed by atoms with van der Waals surface area (Å²) in [7, 11) is 4.58. The molecule has 24 heavy (non-hydrogen) atoms. The van der Waals surface area contributed by atoms with Crippen LogP contribution in [0.15, 0.2) is 22.4 Å². The van der Waals surface area contributed by atoms with Crippen LogP contribution in [0, 0.1) is 5.92 Å². The van der Waals surface area contributed by atoms with Gasteiger partial charge in [0.1, 0.15) is 17.8 Å². The summed E-state index contributed by atoms with van der Waals surface area (Å²) in [4.78, 5) is 11.9. The fourth-order valence-electron chi connectivity index (χ4n) is 2.26. The molecule has 0 radical (unpaired) electrons. The fourth-order valence-corrected chi connectivity index (χ4v) is 2.26. The lowest BCUT2D eigenvalue weighted by molar-refractivity contribution is -0.147. The van der Waals surface area contributed by atoms with Crippen LogP contribution < -0.4 is 25.1 Å². The van der Waals surface area contributed by atoms with Crippen molar-refractivity contribution in [2.75, 3.05) is 34.5 Å². The maximum Gasteiger partial charge on any atom is 0.313 e. The summed E-state index contributed by atoms with van der Waals surface area (Å²) in [5.41, 5.74) is 6.20. The Hall–Kier alpha value is -2.39. The number of carbonyl (C=O) groups excluding carboxylic acids is 1. The molecule has 2 atom stereocenters. The molecule has 0 aromatic heterocycles. The highest BCUT2D eigenvalue weighted by Crippen LogP contribution is 2.41. The van der Waals surface area contributed by atoms with Gasteiger partial charge in [0.05, 0.1) is 27.9 Å². The molecular weight excluding hydrogens is 316 g/mol. The van der Waals surface area contributed by atoms with E-state index in [9.17, 15) is 4.79 Å². The summed E-state index contributed by atoms with van der Waals surface area (Å²) in [6.07, 6.45) is -0.541. The van der Waals surface area contributed by atoms with E-state index < -0.39 is 12.1 Å². The smallest absolute Gasteiger partial charge is 0.313 e. The number of esters is 1. The van der Waals surface area contributed by atoms with Crippen LogP contribution in [0.3, 0.4) is 0 Å². The minimum absolute atomic E-state index is 0.319. The van der Waals surface area contributed by atoms with Gasteiger partial charge in [-0.25, -0.2) is 5.43 Å². The molecule has 0 bridgehead atoms. The van der Waals surface area contributed by atoms with Gasteiger partial charge < -0.3 is 18.9 Å². The third-order valence-electron chi connectivity index (χ3n) is 3.51. The minimum Gasteiger partial charge on any atom is -0.496 e. The van der Waals surface area contributed by atoms with Crippen LogP contribution in [0.25, 0.3) is 0 Å². The van der Waals surface area contributed by atoms with Gasteiger partial charge in [-0.15, -0.1) is 5.11 Å². The number of benzene rings is 1. The number of hydrazine groups is 1. The summed E-state index contributed by atoms with van der Waals surface area (Å²) in [6, 6.07) is 3.36. The molecule has 2 N–H and O–H groups in total. The van der Waals surface area contributed by atoms with Gasteiger partial charge in [0, 0.05) is 18.7 Å². The van der Waals surface area contributed by atoms with Crippen LogP contribution >= 0.6 is 0 Å². The van der Waals surface area contributed by atoms with Crippen LogP contribution in [0.5, 0.6) is 17.2 Å². The second kappa shape index (κ2) is 8.46. The molecule has 2 rings (SSSR count). The van der Waals surface area contributed by atoms with E-state index in [1.54, 1.807) is 26.2 Å². The number of nitrogens with one attached hydrogen (secondary N) is 2. The molecule has 132 valence electrons. The van der Waals surface area contributed by atoms with Crippen molar-refractivity contribution in [3.8, 4) is 17.2 Å². The van der Waals surface area contributed by atoms with Crippen molar-refractivity contribution in [2.45, 2.75) is 13.1 Å². The second-order valence-electron chi connectivity index (χ2n) is 4.92. The summed E-state index contributed by atoms with van der Waals surface area (Å²) < 4.78 is 20.9. The normalized spacial score (nSPS) is 20.2. The Morgan fingerprint density at radius 3 is 2.42 bits per heavy atom. The van der Waals surface area contributed by atoms with Gasteiger partial charge in [-0.2, -0.15) is 5.11 Å². The van der Waals surface area contributed by atoms with E-state index in [0.717, 1.165) is 0 Å². The van der Waals surface area contributed by atoms with Crippen molar-refractivity contribution in [2.24, 2.45) is 16.1 Å². The molecule has 1 aromatic rings. The maximum absolute atomic E-state index is 11.9. The average molecular weight is 338 g/mol. The molecule has 1 aliphatic heterocycles. The molecule has 1 aromatic carbocycles. The van der Waals surface area contributed by atoms with Crippen LogP contribution in [0.2, 0.25) is 0 Å². The first kappa shape index (κ1) is 18.0. The highest BCUT2D eigenvalue weighted by molar-refractivity contribution is 5.74. The Kier molecular flexibility index (Phi) is 6.33. The molecule has 1 saturated heterocycles. The van der Waals surface area contributed by atoms with E-state index in [4.69, 9.17) is 18.9 Å². The summed E-state index contributed by atoms with van der Waals surface area (Å²) in [5, 5.41) is 8.41. The van der Waals surface area contributed by atoms with Crippen LogP contribution in [-0.2, 0) is 9.53 Å². The van der Waals surface area contributed by atoms with Crippen molar-refractivity contribution in [3.05, 3.63) is 12.1 Å². The van der Waals surface area contributed by atoms with Crippen molar-refractivity contribution >= 4 is 11.7 Å². The molecule has 2 unspecified atom stereocenters. The van der Waals surface area contributed by atoms with Gasteiger partial charge >= 0.3 is 5.97 Å². The number of hydrogen-bond donors (Lipinski definition) is 2. The number of ether oxygens (including phenoxy) is 4. The maximum atomic E-state index is 11.9. The fraction of sp³-hybridized carbons (Fsp3) is 0.533. The lowest BCUT2D eigenvalue weighted by atomic mass is 10.1. The Morgan fingerprint density at radius 2 is 1.88 bits per heavy atom. The summed E-state index contributed by atoms with van der Waals surface area (Å²) in [6.45, 7) is 2.50. The molecule has 1 aliphatic rings. The number of methoxy groups -OCH3 is 3. The molecular formula is C15H22N4O5. The zero-order valence-corrected chi connectivity index (χ0v) is 14.2. The van der Waals surface area contributed by atoms with Gasteiger partial charge in [0.2, 0.25) is 0 Å². The van der Waals surface area contributed by atoms with Crippen molar-refractivity contribution < 1.29 is 23.7 Å². The van der Waals surface area contributed by atoms with Gasteiger partial charge in [-0.05, 0) is 6.92 Å². The molecule has 0 spiro atoms. The molecule has 9 nitrogen and oxygen atoms in total. The summed E-state index contributed by atoms with van der Waals surface area (Å²) >= 11 is 0. The number of nitrogens with zero attached hydrogens (tertiary/aromatic N) is 2. The Labute approximate surface area is 140 Å². The zero-order chi connectivity index (χ0) is 17.5. The molecule has 0 saturated carbocycles. The predicted molar refractivity (Wildman–Crippen MR) is 85.7 cm³/mol. The van der Waals surface area contributed by atoms with E-state index in [1.165, 1.54) is 14.2 Å². The van der Waals surface area contributed by atoms with Gasteiger partial charge in [0.25, 0.3) is 0 Å².